The molecule has 1 aliphatic rings. The van der Waals surface area contributed by atoms with Crippen LogP contribution in [0.2, 0.25) is 0 Å². The van der Waals surface area contributed by atoms with Crippen molar-refractivity contribution in [1.82, 2.24) is 24.5 Å². The van der Waals surface area contributed by atoms with Gasteiger partial charge in [0.1, 0.15) is 11.5 Å². The van der Waals surface area contributed by atoms with Gasteiger partial charge in [-0.3, -0.25) is 4.68 Å². The normalized spacial score (nSPS) is 18.1. The number of aromatic nitrogens is 5. The molecule has 1 atom stereocenters. The van der Waals surface area contributed by atoms with Crippen LogP contribution in [0.3, 0.4) is 0 Å². The first-order valence-corrected chi connectivity index (χ1v) is 7.32. The summed E-state index contributed by atoms with van der Waals surface area (Å²) < 4.78 is 4.09. The summed E-state index contributed by atoms with van der Waals surface area (Å²) in [6.07, 6.45) is 2.04. The Bertz CT molecular complexity index is 800. The Balaban J connectivity index is 1.89. The molecule has 4 rings (SSSR count). The number of fused-ring (bicyclic) bond motifs is 2. The molecule has 0 bridgehead atoms. The molecule has 0 amide bonds. The minimum atomic E-state index is 0.502. The maximum atomic E-state index is 5.84. The number of aryl methyl sites for hydroxylation is 2. The van der Waals surface area contributed by atoms with E-state index in [9.17, 15) is 0 Å². The highest BCUT2D eigenvalue weighted by Crippen LogP contribution is 2.29. The Morgan fingerprint density at radius 1 is 1.29 bits per heavy atom. The summed E-state index contributed by atoms with van der Waals surface area (Å²) in [7, 11) is 1.96. The molecule has 21 heavy (non-hydrogen) atoms. The Morgan fingerprint density at radius 3 is 3.00 bits per heavy atom. The van der Waals surface area contributed by atoms with Gasteiger partial charge in [-0.2, -0.15) is 5.10 Å². The summed E-state index contributed by atoms with van der Waals surface area (Å²) in [6, 6.07) is 8.21. The van der Waals surface area contributed by atoms with Crippen molar-refractivity contribution in [3.05, 3.63) is 30.1 Å². The van der Waals surface area contributed by atoms with Crippen LogP contribution >= 0.6 is 0 Å². The standard InChI is InChI=1S/C15H18N6/c1-20-12-5-3-2-4-11(12)14(19-20)15-18-17-13-7-6-10(8-16)9-21(13)15/h2-5,10H,6-9,16H2,1H3. The zero-order valence-corrected chi connectivity index (χ0v) is 12.0. The van der Waals surface area contributed by atoms with Gasteiger partial charge in [-0.1, -0.05) is 18.2 Å². The number of hydrogen-bond donors (Lipinski definition) is 1. The Morgan fingerprint density at radius 2 is 2.14 bits per heavy atom. The number of benzene rings is 1. The number of hydrogen-bond acceptors (Lipinski definition) is 4. The summed E-state index contributed by atoms with van der Waals surface area (Å²) in [5.41, 5.74) is 7.85. The van der Waals surface area contributed by atoms with Crippen LogP contribution in [-0.4, -0.2) is 31.1 Å². The third kappa shape index (κ3) is 1.86. The van der Waals surface area contributed by atoms with Gasteiger partial charge < -0.3 is 10.3 Å². The molecular formula is C15H18N6. The Kier molecular flexibility index (Phi) is 2.78. The molecule has 1 unspecified atom stereocenters. The van der Waals surface area contributed by atoms with Crippen LogP contribution in [0.15, 0.2) is 24.3 Å². The zero-order valence-electron chi connectivity index (χ0n) is 12.0. The fraction of sp³-hybridized carbons (Fsp3) is 0.400. The molecular weight excluding hydrogens is 264 g/mol. The Labute approximate surface area is 122 Å². The van der Waals surface area contributed by atoms with Crippen molar-refractivity contribution < 1.29 is 0 Å². The summed E-state index contributed by atoms with van der Waals surface area (Å²) in [5, 5.41) is 14.5. The average molecular weight is 282 g/mol. The molecule has 2 aromatic heterocycles. The number of nitrogens with zero attached hydrogens (tertiary/aromatic N) is 5. The van der Waals surface area contributed by atoms with Gasteiger partial charge in [0.15, 0.2) is 5.82 Å². The third-order valence-corrected chi connectivity index (χ3v) is 4.35. The highest BCUT2D eigenvalue weighted by Gasteiger charge is 2.25. The smallest absolute Gasteiger partial charge is 0.185 e. The maximum absolute atomic E-state index is 5.84. The van der Waals surface area contributed by atoms with Crippen LogP contribution in [0.1, 0.15) is 12.2 Å². The lowest BCUT2D eigenvalue weighted by atomic mass is 9.99. The summed E-state index contributed by atoms with van der Waals surface area (Å²) in [6.45, 7) is 1.60. The van der Waals surface area contributed by atoms with Crippen molar-refractivity contribution in [3.63, 3.8) is 0 Å². The SMILES string of the molecule is Cn1nc(-c2nnc3n2CC(CN)CC3)c2ccccc21. The molecule has 0 fully saturated rings. The second-order valence-corrected chi connectivity index (χ2v) is 5.68. The molecule has 3 aromatic rings. The second-order valence-electron chi connectivity index (χ2n) is 5.68. The van der Waals surface area contributed by atoms with E-state index in [-0.39, 0.29) is 0 Å². The quantitative estimate of drug-likeness (QED) is 0.770. The molecule has 0 saturated carbocycles. The van der Waals surface area contributed by atoms with Crippen molar-refractivity contribution in [2.45, 2.75) is 19.4 Å². The van der Waals surface area contributed by atoms with E-state index in [0.29, 0.717) is 12.5 Å². The van der Waals surface area contributed by atoms with Gasteiger partial charge in [-0.05, 0) is 24.9 Å². The molecule has 0 spiro atoms. The van der Waals surface area contributed by atoms with Gasteiger partial charge in [0.05, 0.1) is 5.52 Å². The van der Waals surface area contributed by atoms with E-state index in [2.05, 4.69) is 32.0 Å². The fourth-order valence-corrected chi connectivity index (χ4v) is 3.14. The number of para-hydroxylation sites is 1. The Hall–Kier alpha value is -2.21. The topological polar surface area (TPSA) is 74.5 Å². The van der Waals surface area contributed by atoms with Crippen molar-refractivity contribution in [2.75, 3.05) is 6.54 Å². The molecule has 6 nitrogen and oxygen atoms in total. The van der Waals surface area contributed by atoms with Gasteiger partial charge in [0.2, 0.25) is 0 Å². The van der Waals surface area contributed by atoms with Crippen LogP contribution in [0.4, 0.5) is 0 Å². The lowest BCUT2D eigenvalue weighted by Gasteiger charge is -2.22. The van der Waals surface area contributed by atoms with Gasteiger partial charge in [-0.15, -0.1) is 10.2 Å². The lowest BCUT2D eigenvalue weighted by Crippen LogP contribution is -2.26. The van der Waals surface area contributed by atoms with E-state index < -0.39 is 0 Å². The van der Waals surface area contributed by atoms with Crippen LogP contribution in [0.25, 0.3) is 22.4 Å². The van der Waals surface area contributed by atoms with Crippen LogP contribution < -0.4 is 5.73 Å². The second kappa shape index (κ2) is 4.66. The predicted octanol–water partition coefficient (Wildman–Crippen LogP) is 1.35. The van der Waals surface area contributed by atoms with Gasteiger partial charge in [0.25, 0.3) is 0 Å². The summed E-state index contributed by atoms with van der Waals surface area (Å²) >= 11 is 0. The molecule has 108 valence electrons. The van der Waals surface area contributed by atoms with E-state index in [4.69, 9.17) is 5.73 Å². The van der Waals surface area contributed by atoms with E-state index in [0.717, 1.165) is 47.6 Å². The van der Waals surface area contributed by atoms with Crippen LogP contribution in [-0.2, 0) is 20.0 Å². The molecule has 0 saturated heterocycles. The first-order chi connectivity index (χ1) is 10.3. The third-order valence-electron chi connectivity index (χ3n) is 4.35. The zero-order chi connectivity index (χ0) is 14.4. The summed E-state index contributed by atoms with van der Waals surface area (Å²) in [5.74, 6) is 2.41. The molecule has 6 heteroatoms. The largest absolute Gasteiger partial charge is 0.330 e. The minimum absolute atomic E-state index is 0.502. The van der Waals surface area contributed by atoms with Gasteiger partial charge in [0, 0.05) is 25.4 Å². The predicted molar refractivity (Wildman–Crippen MR) is 80.6 cm³/mol. The van der Waals surface area contributed by atoms with Crippen molar-refractivity contribution in [3.8, 4) is 11.5 Å². The minimum Gasteiger partial charge on any atom is -0.330 e. The van der Waals surface area contributed by atoms with E-state index >= 15 is 0 Å². The number of nitrogens with two attached hydrogens (primary N) is 1. The lowest BCUT2D eigenvalue weighted by molar-refractivity contribution is 0.375. The maximum Gasteiger partial charge on any atom is 0.185 e. The first kappa shape index (κ1) is 12.5. The van der Waals surface area contributed by atoms with Crippen LogP contribution in [0, 0.1) is 5.92 Å². The molecule has 1 aliphatic heterocycles. The van der Waals surface area contributed by atoms with Crippen molar-refractivity contribution in [2.24, 2.45) is 18.7 Å². The molecule has 3 heterocycles. The van der Waals surface area contributed by atoms with Gasteiger partial charge in [-0.25, -0.2) is 0 Å². The molecule has 0 aliphatic carbocycles. The highest BCUT2D eigenvalue weighted by molar-refractivity contribution is 5.91. The van der Waals surface area contributed by atoms with Crippen molar-refractivity contribution in [1.29, 1.82) is 0 Å². The van der Waals surface area contributed by atoms with Gasteiger partial charge >= 0.3 is 0 Å². The molecule has 1 aromatic carbocycles. The van der Waals surface area contributed by atoms with E-state index in [1.165, 1.54) is 0 Å². The fourth-order valence-electron chi connectivity index (χ4n) is 3.14. The van der Waals surface area contributed by atoms with Crippen LogP contribution in [0.5, 0.6) is 0 Å². The molecule has 0 radical (unpaired) electrons. The van der Waals surface area contributed by atoms with Crippen molar-refractivity contribution >= 4 is 10.9 Å². The van der Waals surface area contributed by atoms with E-state index in [1.54, 1.807) is 0 Å². The molecule has 2 N–H and O–H groups in total. The summed E-state index contributed by atoms with van der Waals surface area (Å²) in [4.78, 5) is 0. The highest BCUT2D eigenvalue weighted by atomic mass is 15.3. The van der Waals surface area contributed by atoms with E-state index in [1.807, 2.05) is 23.9 Å². The average Bonchev–Trinajstić information content (AvgIpc) is 3.08. The first-order valence-electron chi connectivity index (χ1n) is 7.32. The number of rotatable bonds is 2. The monoisotopic (exact) mass is 282 g/mol.